The molecule has 0 spiro atoms. The minimum Gasteiger partial charge on any atom is -0.497 e. The number of aliphatic hydroxyl groups is 1. The van der Waals surface area contributed by atoms with E-state index in [9.17, 15) is 5.11 Å². The van der Waals surface area contributed by atoms with Crippen molar-refractivity contribution >= 4 is 0 Å². The van der Waals surface area contributed by atoms with E-state index in [1.807, 2.05) is 30.5 Å². The van der Waals surface area contributed by atoms with Gasteiger partial charge in [0.15, 0.2) is 0 Å². The molecule has 2 N–H and O–H groups in total. The number of rotatable bonds is 6. The Bertz CT molecular complexity index is 638. The lowest BCUT2D eigenvalue weighted by Gasteiger charge is -2.31. The minimum absolute atomic E-state index is 0.147. The average molecular weight is 329 g/mol. The first kappa shape index (κ1) is 17.0. The molecular weight excluding hydrogens is 302 g/mol. The molecule has 1 fully saturated rings. The molecule has 1 heterocycles. The smallest absolute Gasteiger partial charge is 0.118 e. The number of ether oxygens (including phenoxy) is 1. The van der Waals surface area contributed by atoms with E-state index < -0.39 is 0 Å². The van der Waals surface area contributed by atoms with Crippen molar-refractivity contribution in [2.24, 2.45) is 5.92 Å². The number of nitrogens with zero attached hydrogens (tertiary/aromatic N) is 2. The minimum atomic E-state index is -0.147. The second-order valence-electron chi connectivity index (χ2n) is 6.81. The van der Waals surface area contributed by atoms with Crippen molar-refractivity contribution in [1.82, 2.24) is 15.1 Å². The first-order valence-corrected chi connectivity index (χ1v) is 8.70. The molecule has 1 aliphatic carbocycles. The number of hydrogen-bond donors (Lipinski definition) is 2. The molecule has 130 valence electrons. The van der Waals surface area contributed by atoms with Crippen LogP contribution in [0.15, 0.2) is 30.5 Å². The third-order valence-electron chi connectivity index (χ3n) is 4.95. The summed E-state index contributed by atoms with van der Waals surface area (Å²) in [4.78, 5) is 2.29. The van der Waals surface area contributed by atoms with Gasteiger partial charge in [0.2, 0.25) is 0 Å². The van der Waals surface area contributed by atoms with Crippen molar-refractivity contribution in [3.05, 3.63) is 36.0 Å². The van der Waals surface area contributed by atoms with Gasteiger partial charge in [0.05, 0.1) is 25.1 Å². The number of aromatic amines is 1. The van der Waals surface area contributed by atoms with Gasteiger partial charge in [0, 0.05) is 24.2 Å². The lowest BCUT2D eigenvalue weighted by Crippen LogP contribution is -2.34. The molecule has 1 saturated carbocycles. The quantitative estimate of drug-likeness (QED) is 0.855. The summed E-state index contributed by atoms with van der Waals surface area (Å²) >= 11 is 0. The third-order valence-corrected chi connectivity index (χ3v) is 4.95. The zero-order valence-electron chi connectivity index (χ0n) is 14.5. The molecule has 2 atom stereocenters. The molecule has 2 aromatic rings. The fourth-order valence-electron chi connectivity index (χ4n) is 3.60. The van der Waals surface area contributed by atoms with Crippen LogP contribution in [-0.4, -0.2) is 47.0 Å². The fourth-order valence-corrected chi connectivity index (χ4v) is 3.60. The highest BCUT2D eigenvalue weighted by Crippen LogP contribution is 2.27. The van der Waals surface area contributed by atoms with E-state index in [-0.39, 0.29) is 6.10 Å². The maximum Gasteiger partial charge on any atom is 0.118 e. The molecule has 0 bridgehead atoms. The third kappa shape index (κ3) is 3.97. The zero-order chi connectivity index (χ0) is 16.9. The second kappa shape index (κ2) is 7.81. The van der Waals surface area contributed by atoms with Gasteiger partial charge in [0.25, 0.3) is 0 Å². The van der Waals surface area contributed by atoms with Crippen LogP contribution < -0.4 is 4.74 Å². The number of aliphatic hydroxyl groups excluding tert-OH is 1. The molecule has 1 aromatic heterocycles. The van der Waals surface area contributed by atoms with E-state index in [2.05, 4.69) is 22.1 Å². The van der Waals surface area contributed by atoms with Crippen LogP contribution in [0.2, 0.25) is 0 Å². The summed E-state index contributed by atoms with van der Waals surface area (Å²) in [7, 11) is 3.79. The monoisotopic (exact) mass is 329 g/mol. The normalized spacial score (nSPS) is 21.2. The summed E-state index contributed by atoms with van der Waals surface area (Å²) in [6.45, 7) is 1.75. The molecule has 0 radical (unpaired) electrons. The van der Waals surface area contributed by atoms with Gasteiger partial charge in [-0.2, -0.15) is 5.10 Å². The summed E-state index contributed by atoms with van der Waals surface area (Å²) in [5, 5.41) is 17.5. The van der Waals surface area contributed by atoms with Gasteiger partial charge in [0.1, 0.15) is 5.75 Å². The molecule has 0 aliphatic heterocycles. The molecule has 0 amide bonds. The number of benzene rings is 1. The topological polar surface area (TPSA) is 61.4 Å². The van der Waals surface area contributed by atoms with Crippen molar-refractivity contribution in [1.29, 1.82) is 0 Å². The van der Waals surface area contributed by atoms with Gasteiger partial charge in [-0.1, -0.05) is 12.8 Å². The SMILES string of the molecule is COc1ccc(-c2[nH]ncc2CN(C)CC2CCCCC2O)cc1. The largest absolute Gasteiger partial charge is 0.497 e. The number of nitrogens with one attached hydrogen (secondary N) is 1. The summed E-state index contributed by atoms with van der Waals surface area (Å²) < 4.78 is 5.22. The molecule has 24 heavy (non-hydrogen) atoms. The van der Waals surface area contributed by atoms with Gasteiger partial charge < -0.3 is 14.7 Å². The van der Waals surface area contributed by atoms with Crippen LogP contribution in [0.1, 0.15) is 31.2 Å². The number of H-pyrrole nitrogens is 1. The van der Waals surface area contributed by atoms with Crippen LogP contribution in [0, 0.1) is 5.92 Å². The lowest BCUT2D eigenvalue weighted by atomic mass is 9.86. The van der Waals surface area contributed by atoms with Gasteiger partial charge in [-0.05, 0) is 50.1 Å². The highest BCUT2D eigenvalue weighted by Gasteiger charge is 2.24. The van der Waals surface area contributed by atoms with Gasteiger partial charge in [-0.15, -0.1) is 0 Å². The molecule has 2 unspecified atom stereocenters. The summed E-state index contributed by atoms with van der Waals surface area (Å²) in [6.07, 6.45) is 6.21. The van der Waals surface area contributed by atoms with Gasteiger partial charge in [-0.3, -0.25) is 5.10 Å². The van der Waals surface area contributed by atoms with E-state index in [4.69, 9.17) is 4.74 Å². The molecule has 5 nitrogen and oxygen atoms in total. The maximum absolute atomic E-state index is 10.2. The van der Waals surface area contributed by atoms with E-state index in [1.54, 1.807) is 7.11 Å². The average Bonchev–Trinajstić information content (AvgIpc) is 3.05. The molecule has 1 aromatic carbocycles. The van der Waals surface area contributed by atoms with Gasteiger partial charge >= 0.3 is 0 Å². The van der Waals surface area contributed by atoms with E-state index in [0.29, 0.717) is 5.92 Å². The Morgan fingerprint density at radius 2 is 2.00 bits per heavy atom. The zero-order valence-corrected chi connectivity index (χ0v) is 14.5. The Hall–Kier alpha value is -1.85. The van der Waals surface area contributed by atoms with Crippen molar-refractivity contribution < 1.29 is 9.84 Å². The second-order valence-corrected chi connectivity index (χ2v) is 6.81. The van der Waals surface area contributed by atoms with Crippen LogP contribution >= 0.6 is 0 Å². The number of aromatic nitrogens is 2. The molecule has 1 aliphatic rings. The van der Waals surface area contributed by atoms with E-state index in [1.165, 1.54) is 12.0 Å². The number of methoxy groups -OCH3 is 1. The predicted octanol–water partition coefficient (Wildman–Crippen LogP) is 3.07. The number of hydrogen-bond acceptors (Lipinski definition) is 4. The van der Waals surface area contributed by atoms with E-state index in [0.717, 1.165) is 49.4 Å². The highest BCUT2D eigenvalue weighted by molar-refractivity contribution is 5.63. The van der Waals surface area contributed by atoms with Crippen molar-refractivity contribution in [3.63, 3.8) is 0 Å². The first-order valence-electron chi connectivity index (χ1n) is 8.70. The Labute approximate surface area is 143 Å². The van der Waals surface area contributed by atoms with E-state index >= 15 is 0 Å². The molecule has 3 rings (SSSR count). The Kier molecular flexibility index (Phi) is 5.53. The standard InChI is InChI=1S/C19H27N3O2/c1-22(12-15-5-3-4-6-18(15)23)13-16-11-20-21-19(16)14-7-9-17(24-2)10-8-14/h7-11,15,18,23H,3-6,12-13H2,1-2H3,(H,20,21). The molecular formula is C19H27N3O2. The molecule has 5 heteroatoms. The van der Waals surface area contributed by atoms with Crippen LogP contribution in [-0.2, 0) is 6.54 Å². The maximum atomic E-state index is 10.2. The van der Waals surface area contributed by atoms with Crippen molar-refractivity contribution in [3.8, 4) is 17.0 Å². The first-order chi connectivity index (χ1) is 11.7. The van der Waals surface area contributed by atoms with Crippen LogP contribution in [0.25, 0.3) is 11.3 Å². The van der Waals surface area contributed by atoms with Crippen LogP contribution in [0.5, 0.6) is 5.75 Å². The summed E-state index contributed by atoms with van der Waals surface area (Å²) in [5.74, 6) is 1.24. The Balaban J connectivity index is 1.66. The summed E-state index contributed by atoms with van der Waals surface area (Å²) in [5.41, 5.74) is 3.33. The Morgan fingerprint density at radius 3 is 2.71 bits per heavy atom. The van der Waals surface area contributed by atoms with Gasteiger partial charge in [-0.25, -0.2) is 0 Å². The lowest BCUT2D eigenvalue weighted by molar-refractivity contribution is 0.0502. The fraction of sp³-hybridized carbons (Fsp3) is 0.526. The van der Waals surface area contributed by atoms with Crippen molar-refractivity contribution in [2.75, 3.05) is 20.7 Å². The molecule has 0 saturated heterocycles. The van der Waals surface area contributed by atoms with Crippen LogP contribution in [0.3, 0.4) is 0 Å². The highest BCUT2D eigenvalue weighted by atomic mass is 16.5. The Morgan fingerprint density at radius 1 is 1.25 bits per heavy atom. The van der Waals surface area contributed by atoms with Crippen LogP contribution in [0.4, 0.5) is 0 Å². The predicted molar refractivity (Wildman–Crippen MR) is 94.9 cm³/mol. The summed E-state index contributed by atoms with van der Waals surface area (Å²) in [6, 6.07) is 8.01. The van der Waals surface area contributed by atoms with Crippen molar-refractivity contribution in [2.45, 2.75) is 38.3 Å².